The van der Waals surface area contributed by atoms with E-state index in [1.807, 2.05) is 0 Å². The quantitative estimate of drug-likeness (QED) is 0.454. The summed E-state index contributed by atoms with van der Waals surface area (Å²) in [6.45, 7) is 0.762. The van der Waals surface area contributed by atoms with Gasteiger partial charge in [-0.2, -0.15) is 0 Å². The van der Waals surface area contributed by atoms with E-state index in [1.54, 1.807) is 24.3 Å². The van der Waals surface area contributed by atoms with E-state index in [0.29, 0.717) is 24.2 Å². The molecule has 0 bridgehead atoms. The molecular weight excluding hydrogens is 424 g/mol. The zero-order valence-corrected chi connectivity index (χ0v) is 17.4. The van der Waals surface area contributed by atoms with Crippen molar-refractivity contribution < 1.29 is 17.9 Å². The molecule has 3 rings (SSSR count). The number of hydrogen-bond acceptors (Lipinski definition) is 7. The van der Waals surface area contributed by atoms with Gasteiger partial charge in [-0.15, -0.1) is 10.2 Å². The van der Waals surface area contributed by atoms with Crippen molar-refractivity contribution >= 4 is 44.0 Å². The molecule has 1 aliphatic carbocycles. The van der Waals surface area contributed by atoms with Gasteiger partial charge in [-0.25, -0.2) is 13.1 Å². The summed E-state index contributed by atoms with van der Waals surface area (Å²) < 4.78 is 32.6. The van der Waals surface area contributed by atoms with Gasteiger partial charge in [-0.05, 0) is 31.4 Å². The molecule has 1 aromatic heterocycles. The molecule has 11 heteroatoms. The van der Waals surface area contributed by atoms with E-state index < -0.39 is 15.9 Å². The molecule has 0 atom stereocenters. The Labute approximate surface area is 172 Å². The van der Waals surface area contributed by atoms with E-state index in [1.165, 1.54) is 12.8 Å². The molecule has 1 saturated carbocycles. The van der Waals surface area contributed by atoms with Crippen molar-refractivity contribution in [2.75, 3.05) is 18.5 Å². The second kappa shape index (κ2) is 9.75. The van der Waals surface area contributed by atoms with Crippen LogP contribution in [0.25, 0.3) is 0 Å². The first-order valence-electron chi connectivity index (χ1n) is 8.96. The van der Waals surface area contributed by atoms with Crippen molar-refractivity contribution in [2.24, 2.45) is 0 Å². The van der Waals surface area contributed by atoms with E-state index in [9.17, 15) is 13.2 Å². The first-order chi connectivity index (χ1) is 13.5. The number of aromatic nitrogens is 2. The lowest BCUT2D eigenvalue weighted by molar-refractivity contribution is 0.0575. The predicted molar refractivity (Wildman–Crippen MR) is 107 cm³/mol. The van der Waals surface area contributed by atoms with Gasteiger partial charge in [0.15, 0.2) is 0 Å². The molecule has 2 N–H and O–H groups in total. The van der Waals surface area contributed by atoms with Crippen LogP contribution in [0.1, 0.15) is 42.5 Å². The Balaban J connectivity index is 1.49. The average molecular weight is 445 g/mol. The summed E-state index contributed by atoms with van der Waals surface area (Å²) in [5.41, 5.74) is 0.268. The maximum Gasteiger partial charge on any atom is 0.269 e. The van der Waals surface area contributed by atoms with Crippen LogP contribution in [-0.4, -0.2) is 43.8 Å². The first kappa shape index (κ1) is 21.1. The molecule has 1 amide bonds. The topological polar surface area (TPSA) is 110 Å². The zero-order valence-electron chi connectivity index (χ0n) is 15.1. The Morgan fingerprint density at radius 1 is 1.25 bits per heavy atom. The van der Waals surface area contributed by atoms with Gasteiger partial charge in [0.25, 0.3) is 15.9 Å². The summed E-state index contributed by atoms with van der Waals surface area (Å²) in [5.74, 6) is -0.484. The average Bonchev–Trinajstić information content (AvgIpc) is 3.34. The zero-order chi connectivity index (χ0) is 20.0. The third-order valence-electron chi connectivity index (χ3n) is 4.24. The lowest BCUT2D eigenvalue weighted by atomic mass is 10.2. The minimum atomic E-state index is -3.79. The van der Waals surface area contributed by atoms with Crippen molar-refractivity contribution in [3.05, 3.63) is 34.9 Å². The third-order valence-corrected chi connectivity index (χ3v) is 7.24. The highest BCUT2D eigenvalue weighted by Gasteiger charge is 2.21. The lowest BCUT2D eigenvalue weighted by Gasteiger charge is -2.10. The fraction of sp³-hybridized carbons (Fsp3) is 0.471. The van der Waals surface area contributed by atoms with Gasteiger partial charge < -0.3 is 4.74 Å². The number of halogens is 1. The molecule has 1 heterocycles. The van der Waals surface area contributed by atoms with Crippen molar-refractivity contribution in [3.63, 3.8) is 0 Å². The third kappa shape index (κ3) is 5.71. The molecule has 1 aliphatic rings. The Morgan fingerprint density at radius 2 is 2.00 bits per heavy atom. The molecule has 2 aromatic rings. The van der Waals surface area contributed by atoms with Gasteiger partial charge in [0.1, 0.15) is 0 Å². The van der Waals surface area contributed by atoms with Crippen LogP contribution in [0.4, 0.5) is 5.13 Å². The van der Waals surface area contributed by atoms with Crippen molar-refractivity contribution in [2.45, 2.75) is 42.5 Å². The van der Waals surface area contributed by atoms with Gasteiger partial charge in [0.05, 0.1) is 16.7 Å². The summed E-state index contributed by atoms with van der Waals surface area (Å²) in [7, 11) is -3.79. The number of hydrogen-bond donors (Lipinski definition) is 2. The molecule has 8 nitrogen and oxygen atoms in total. The number of carbonyl (C=O) groups excluding carboxylic acids is 1. The molecule has 0 aliphatic heterocycles. The SMILES string of the molecule is O=C(Nc1nnc(S(=O)(=O)NCCCOC2CCCC2)s1)c1ccccc1Cl. The highest BCUT2D eigenvalue weighted by Crippen LogP contribution is 2.23. The molecule has 28 heavy (non-hydrogen) atoms. The van der Waals surface area contributed by atoms with E-state index >= 15 is 0 Å². The Bertz CT molecular complexity index is 913. The van der Waals surface area contributed by atoms with Gasteiger partial charge in [-0.3, -0.25) is 10.1 Å². The van der Waals surface area contributed by atoms with Crippen LogP contribution in [0.2, 0.25) is 5.02 Å². The van der Waals surface area contributed by atoms with Crippen LogP contribution in [0.15, 0.2) is 28.6 Å². The van der Waals surface area contributed by atoms with Crippen LogP contribution in [-0.2, 0) is 14.8 Å². The molecule has 1 aromatic carbocycles. The number of rotatable bonds is 9. The van der Waals surface area contributed by atoms with Gasteiger partial charge in [-0.1, -0.05) is 47.9 Å². The highest BCUT2D eigenvalue weighted by molar-refractivity contribution is 7.91. The number of sulfonamides is 1. The Hall–Kier alpha value is -1.59. The second-order valence-corrected chi connectivity index (χ2v) is 9.66. The number of ether oxygens (including phenoxy) is 1. The summed E-state index contributed by atoms with van der Waals surface area (Å²) in [4.78, 5) is 12.2. The van der Waals surface area contributed by atoms with E-state index in [-0.39, 0.29) is 21.6 Å². The van der Waals surface area contributed by atoms with Crippen molar-refractivity contribution in [1.29, 1.82) is 0 Å². The molecule has 0 radical (unpaired) electrons. The minimum Gasteiger partial charge on any atom is -0.378 e. The maximum absolute atomic E-state index is 12.3. The molecule has 0 spiro atoms. The first-order valence-corrected chi connectivity index (χ1v) is 11.6. The smallest absolute Gasteiger partial charge is 0.269 e. The van der Waals surface area contributed by atoms with Crippen LogP contribution >= 0.6 is 22.9 Å². The van der Waals surface area contributed by atoms with Crippen molar-refractivity contribution in [3.8, 4) is 0 Å². The fourth-order valence-corrected chi connectivity index (χ4v) is 5.06. The number of carbonyl (C=O) groups is 1. The molecule has 0 saturated heterocycles. The Kier molecular flexibility index (Phi) is 7.36. The minimum absolute atomic E-state index is 0.0786. The Morgan fingerprint density at radius 3 is 2.75 bits per heavy atom. The highest BCUT2D eigenvalue weighted by atomic mass is 35.5. The predicted octanol–water partition coefficient (Wildman–Crippen LogP) is 3.07. The molecule has 152 valence electrons. The normalized spacial score (nSPS) is 15.0. The summed E-state index contributed by atoms with van der Waals surface area (Å²) in [5, 5.41) is 10.3. The maximum atomic E-state index is 12.3. The summed E-state index contributed by atoms with van der Waals surface area (Å²) >= 11 is 6.75. The largest absolute Gasteiger partial charge is 0.378 e. The summed E-state index contributed by atoms with van der Waals surface area (Å²) in [6, 6.07) is 6.54. The van der Waals surface area contributed by atoms with Gasteiger partial charge in [0, 0.05) is 13.2 Å². The molecule has 1 fully saturated rings. The van der Waals surface area contributed by atoms with Gasteiger partial charge in [0.2, 0.25) is 9.47 Å². The van der Waals surface area contributed by atoms with E-state index in [4.69, 9.17) is 16.3 Å². The number of amides is 1. The fourth-order valence-electron chi connectivity index (χ4n) is 2.82. The molecule has 0 unspecified atom stereocenters. The van der Waals surface area contributed by atoms with Crippen LogP contribution < -0.4 is 10.0 Å². The number of anilines is 1. The van der Waals surface area contributed by atoms with Crippen LogP contribution in [0, 0.1) is 0 Å². The summed E-state index contributed by atoms with van der Waals surface area (Å²) in [6.07, 6.45) is 5.44. The number of nitrogens with one attached hydrogen (secondary N) is 2. The van der Waals surface area contributed by atoms with Gasteiger partial charge >= 0.3 is 0 Å². The number of nitrogens with zero attached hydrogens (tertiary/aromatic N) is 2. The van der Waals surface area contributed by atoms with Crippen LogP contribution in [0.3, 0.4) is 0 Å². The molecular formula is C17H21ClN4O4S2. The van der Waals surface area contributed by atoms with Crippen molar-refractivity contribution in [1.82, 2.24) is 14.9 Å². The second-order valence-electron chi connectivity index (χ2n) is 6.34. The van der Waals surface area contributed by atoms with E-state index in [2.05, 4.69) is 20.2 Å². The van der Waals surface area contributed by atoms with Crippen LogP contribution in [0.5, 0.6) is 0 Å². The number of benzene rings is 1. The standard InChI is InChI=1S/C17H21ClN4O4S2/c18-14-9-4-3-8-13(14)15(23)20-16-21-22-17(27-16)28(24,25)19-10-5-11-26-12-6-1-2-7-12/h3-4,8-9,12,19H,1-2,5-7,10-11H2,(H,20,21,23). The monoisotopic (exact) mass is 444 g/mol. The lowest BCUT2D eigenvalue weighted by Crippen LogP contribution is -2.26. The van der Waals surface area contributed by atoms with E-state index in [0.717, 1.165) is 24.2 Å².